The second kappa shape index (κ2) is 6.61. The molecular weight excluding hydrogens is 340 g/mol. The Hall–Kier alpha value is -1.60. The van der Waals surface area contributed by atoms with E-state index in [-0.39, 0.29) is 30.0 Å². The fourth-order valence-electron chi connectivity index (χ4n) is 3.39. The molecule has 0 spiro atoms. The maximum absolute atomic E-state index is 12.2. The summed E-state index contributed by atoms with van der Waals surface area (Å²) in [5.41, 5.74) is 0.361. The van der Waals surface area contributed by atoms with E-state index in [1.54, 1.807) is 12.1 Å². The van der Waals surface area contributed by atoms with Crippen molar-refractivity contribution in [1.82, 2.24) is 10.6 Å². The van der Waals surface area contributed by atoms with Crippen molar-refractivity contribution in [3.63, 3.8) is 0 Å². The van der Waals surface area contributed by atoms with Crippen LogP contribution in [0.25, 0.3) is 0 Å². The van der Waals surface area contributed by atoms with Gasteiger partial charge in [-0.25, -0.2) is 13.2 Å². The Labute approximate surface area is 149 Å². The van der Waals surface area contributed by atoms with Crippen LogP contribution in [0.4, 0.5) is 4.79 Å². The summed E-state index contributed by atoms with van der Waals surface area (Å²) in [6.45, 7) is 5.52. The topological polar surface area (TPSA) is 84.5 Å². The molecule has 1 saturated carbocycles. The summed E-state index contributed by atoms with van der Waals surface area (Å²) in [5.74, 6) is 0.175. The summed E-state index contributed by atoms with van der Waals surface area (Å²) < 4.78 is 29.6. The molecule has 1 unspecified atom stereocenters. The number of carbonyl (C=O) groups is 1. The number of hydrogen-bond donors (Lipinski definition) is 2. The monoisotopic (exact) mass is 366 g/mol. The van der Waals surface area contributed by atoms with E-state index >= 15 is 0 Å². The number of fused-ring (bicyclic) bond motifs is 1. The standard InChI is InChI=1S/C18H26N2O4S/c1-18(2,3)24-17(21)20-13-10-12(11-13)19-15-8-9-25(22,23)16-7-5-4-6-14(15)16/h4-7,12-13,15,19H,8-11H2,1-3H3,(H,20,21). The Kier molecular flexibility index (Phi) is 4.81. The molecule has 3 rings (SSSR count). The number of alkyl carbamates (subject to hydrolysis) is 1. The van der Waals surface area contributed by atoms with Crippen LogP contribution >= 0.6 is 0 Å². The summed E-state index contributed by atoms with van der Waals surface area (Å²) in [6.07, 6.45) is 1.85. The van der Waals surface area contributed by atoms with Gasteiger partial charge in [0, 0.05) is 18.1 Å². The largest absolute Gasteiger partial charge is 0.444 e. The van der Waals surface area contributed by atoms with E-state index in [4.69, 9.17) is 4.74 Å². The van der Waals surface area contributed by atoms with Gasteiger partial charge in [-0.15, -0.1) is 0 Å². The maximum Gasteiger partial charge on any atom is 0.407 e. The summed E-state index contributed by atoms with van der Waals surface area (Å²) >= 11 is 0. The predicted molar refractivity (Wildman–Crippen MR) is 95.2 cm³/mol. The van der Waals surface area contributed by atoms with Gasteiger partial charge in [0.1, 0.15) is 5.60 Å². The molecule has 0 bridgehead atoms. The number of sulfone groups is 1. The number of hydrogen-bond acceptors (Lipinski definition) is 5. The van der Waals surface area contributed by atoms with Crippen LogP contribution in [0.15, 0.2) is 29.2 Å². The van der Waals surface area contributed by atoms with E-state index < -0.39 is 15.4 Å². The van der Waals surface area contributed by atoms with Gasteiger partial charge in [-0.2, -0.15) is 0 Å². The molecular formula is C18H26N2O4S. The van der Waals surface area contributed by atoms with E-state index in [0.717, 1.165) is 18.4 Å². The molecule has 25 heavy (non-hydrogen) atoms. The van der Waals surface area contributed by atoms with E-state index in [0.29, 0.717) is 11.3 Å². The zero-order chi connectivity index (χ0) is 18.2. The molecule has 1 fully saturated rings. The Morgan fingerprint density at radius 1 is 1.16 bits per heavy atom. The SMILES string of the molecule is CC(C)(C)OC(=O)NC1CC(NC2CCS(=O)(=O)c3ccccc32)C1. The van der Waals surface area contributed by atoms with Gasteiger partial charge in [0.25, 0.3) is 0 Å². The highest BCUT2D eigenvalue weighted by Gasteiger charge is 2.36. The van der Waals surface area contributed by atoms with Crippen LogP contribution < -0.4 is 10.6 Å². The molecule has 1 aromatic rings. The highest BCUT2D eigenvalue weighted by molar-refractivity contribution is 7.91. The van der Waals surface area contributed by atoms with Crippen LogP contribution in [0.5, 0.6) is 0 Å². The fourth-order valence-corrected chi connectivity index (χ4v) is 5.01. The smallest absolute Gasteiger partial charge is 0.407 e. The van der Waals surface area contributed by atoms with E-state index in [9.17, 15) is 13.2 Å². The first-order chi connectivity index (χ1) is 11.6. The van der Waals surface area contributed by atoms with Crippen LogP contribution in [-0.4, -0.2) is 37.9 Å². The van der Waals surface area contributed by atoms with Gasteiger partial charge in [0.05, 0.1) is 10.6 Å². The zero-order valence-corrected chi connectivity index (χ0v) is 15.7. The molecule has 0 radical (unpaired) electrons. The molecule has 1 heterocycles. The van der Waals surface area contributed by atoms with Gasteiger partial charge in [-0.05, 0) is 51.7 Å². The van der Waals surface area contributed by atoms with Crippen molar-refractivity contribution < 1.29 is 17.9 Å². The van der Waals surface area contributed by atoms with Crippen molar-refractivity contribution in [2.75, 3.05) is 5.75 Å². The van der Waals surface area contributed by atoms with Crippen molar-refractivity contribution in [2.45, 2.75) is 68.7 Å². The van der Waals surface area contributed by atoms with Gasteiger partial charge in [-0.1, -0.05) is 18.2 Å². The fraction of sp³-hybridized carbons (Fsp3) is 0.611. The Bertz CT molecular complexity index is 749. The molecule has 2 N–H and O–H groups in total. The van der Waals surface area contributed by atoms with Gasteiger partial charge >= 0.3 is 6.09 Å². The third-order valence-corrected chi connectivity index (χ3v) is 6.42. The molecule has 1 amide bonds. The predicted octanol–water partition coefficient (Wildman–Crippen LogP) is 2.55. The molecule has 1 aliphatic heterocycles. The number of nitrogens with one attached hydrogen (secondary N) is 2. The first-order valence-electron chi connectivity index (χ1n) is 8.71. The van der Waals surface area contributed by atoms with Crippen molar-refractivity contribution in [3.8, 4) is 0 Å². The number of benzene rings is 1. The number of amides is 1. The zero-order valence-electron chi connectivity index (χ0n) is 14.9. The maximum atomic E-state index is 12.2. The summed E-state index contributed by atoms with van der Waals surface area (Å²) in [4.78, 5) is 12.2. The average Bonchev–Trinajstić information content (AvgIpc) is 2.46. The van der Waals surface area contributed by atoms with Crippen molar-refractivity contribution >= 4 is 15.9 Å². The minimum Gasteiger partial charge on any atom is -0.444 e. The normalized spacial score (nSPS) is 27.7. The van der Waals surface area contributed by atoms with Crippen molar-refractivity contribution in [2.24, 2.45) is 0 Å². The molecule has 2 aliphatic rings. The van der Waals surface area contributed by atoms with Crippen LogP contribution in [0, 0.1) is 0 Å². The number of rotatable bonds is 3. The van der Waals surface area contributed by atoms with Gasteiger partial charge in [-0.3, -0.25) is 0 Å². The second-order valence-electron chi connectivity index (χ2n) is 7.88. The van der Waals surface area contributed by atoms with Crippen LogP contribution in [0.3, 0.4) is 0 Å². The summed E-state index contributed by atoms with van der Waals surface area (Å²) in [6, 6.07) is 7.65. The highest BCUT2D eigenvalue weighted by atomic mass is 32.2. The van der Waals surface area contributed by atoms with Gasteiger partial charge in [0.15, 0.2) is 9.84 Å². The average molecular weight is 366 g/mol. The van der Waals surface area contributed by atoms with Crippen molar-refractivity contribution in [1.29, 1.82) is 0 Å². The molecule has 7 heteroatoms. The summed E-state index contributed by atoms with van der Waals surface area (Å²) in [7, 11) is -3.16. The Morgan fingerprint density at radius 2 is 1.84 bits per heavy atom. The Morgan fingerprint density at radius 3 is 2.52 bits per heavy atom. The molecule has 138 valence electrons. The molecule has 0 aromatic heterocycles. The lowest BCUT2D eigenvalue weighted by atomic mass is 9.85. The quantitative estimate of drug-likeness (QED) is 0.859. The summed E-state index contributed by atoms with van der Waals surface area (Å²) in [5, 5.41) is 6.42. The van der Waals surface area contributed by atoms with Gasteiger partial charge in [0.2, 0.25) is 0 Å². The lowest BCUT2D eigenvalue weighted by Gasteiger charge is -2.40. The van der Waals surface area contributed by atoms with Gasteiger partial charge < -0.3 is 15.4 Å². The highest BCUT2D eigenvalue weighted by Crippen LogP contribution is 2.34. The molecule has 1 aliphatic carbocycles. The molecule has 1 atom stereocenters. The third kappa shape index (κ3) is 4.33. The minimum atomic E-state index is -3.16. The van der Waals surface area contributed by atoms with Crippen LogP contribution in [-0.2, 0) is 14.6 Å². The molecule has 0 saturated heterocycles. The first-order valence-corrected chi connectivity index (χ1v) is 10.4. The molecule has 6 nitrogen and oxygen atoms in total. The van der Waals surface area contributed by atoms with E-state index in [2.05, 4.69) is 10.6 Å². The van der Waals surface area contributed by atoms with E-state index in [1.807, 2.05) is 32.9 Å². The van der Waals surface area contributed by atoms with Crippen LogP contribution in [0.2, 0.25) is 0 Å². The van der Waals surface area contributed by atoms with E-state index in [1.165, 1.54) is 0 Å². The lowest BCUT2D eigenvalue weighted by Crippen LogP contribution is -2.54. The third-order valence-electron chi connectivity index (χ3n) is 4.60. The minimum absolute atomic E-state index is 0.0483. The molecule has 1 aromatic carbocycles. The van der Waals surface area contributed by atoms with Crippen LogP contribution in [0.1, 0.15) is 51.6 Å². The van der Waals surface area contributed by atoms with Crippen molar-refractivity contribution in [3.05, 3.63) is 29.8 Å². The number of carbonyl (C=O) groups excluding carboxylic acids is 1. The second-order valence-corrected chi connectivity index (χ2v) is 9.95. The lowest BCUT2D eigenvalue weighted by molar-refractivity contribution is 0.0462. The number of ether oxygens (including phenoxy) is 1. The first kappa shape index (κ1) is 18.2. The Balaban J connectivity index is 1.53.